The Morgan fingerprint density at radius 3 is 2.68 bits per heavy atom. The molecule has 0 radical (unpaired) electrons. The van der Waals surface area contributed by atoms with Gasteiger partial charge < -0.3 is 10.5 Å². The zero-order valence-electron chi connectivity index (χ0n) is 10.8. The number of benzene rings is 1. The Labute approximate surface area is 111 Å². The summed E-state index contributed by atoms with van der Waals surface area (Å²) in [5, 5.41) is 0. The fraction of sp³-hybridized carbons (Fsp3) is 0.214. The number of primary amides is 1. The fourth-order valence-electron chi connectivity index (χ4n) is 1.66. The van der Waals surface area contributed by atoms with Gasteiger partial charge in [-0.1, -0.05) is 12.1 Å². The molecule has 1 heterocycles. The van der Waals surface area contributed by atoms with Gasteiger partial charge in [-0.2, -0.15) is 0 Å². The molecular formula is C14H15N3O2. The van der Waals surface area contributed by atoms with Crippen LogP contribution in [0.4, 0.5) is 0 Å². The van der Waals surface area contributed by atoms with Crippen LogP contribution in [0.3, 0.4) is 0 Å². The highest BCUT2D eigenvalue weighted by Crippen LogP contribution is 2.28. The van der Waals surface area contributed by atoms with Crippen molar-refractivity contribution in [1.29, 1.82) is 0 Å². The van der Waals surface area contributed by atoms with Crippen molar-refractivity contribution < 1.29 is 9.53 Å². The number of hydrogen-bond donors (Lipinski definition) is 1. The van der Waals surface area contributed by atoms with Crippen molar-refractivity contribution in [2.75, 3.05) is 0 Å². The highest BCUT2D eigenvalue weighted by molar-refractivity contribution is 5.89. The molecule has 0 saturated heterocycles. The second-order valence-electron chi connectivity index (χ2n) is 4.29. The number of aromatic nitrogens is 2. The average Bonchev–Trinajstić information content (AvgIpc) is 2.39. The van der Waals surface area contributed by atoms with E-state index < -0.39 is 5.91 Å². The molecule has 2 N–H and O–H groups in total. The average molecular weight is 257 g/mol. The lowest BCUT2D eigenvalue weighted by atomic mass is 10.1. The Kier molecular flexibility index (Phi) is 3.75. The minimum atomic E-state index is -0.649. The van der Waals surface area contributed by atoms with Gasteiger partial charge in [-0.05, 0) is 32.0 Å². The van der Waals surface area contributed by atoms with Crippen LogP contribution in [0.5, 0.6) is 5.75 Å². The maximum Gasteiger partial charge on any atom is 0.286 e. The molecule has 0 aliphatic rings. The van der Waals surface area contributed by atoms with Crippen molar-refractivity contribution in [1.82, 2.24) is 9.97 Å². The summed E-state index contributed by atoms with van der Waals surface area (Å²) in [5.41, 5.74) is 6.60. The second-order valence-corrected chi connectivity index (χ2v) is 4.29. The van der Waals surface area contributed by atoms with Gasteiger partial charge in [0.2, 0.25) is 5.82 Å². The van der Waals surface area contributed by atoms with E-state index in [4.69, 9.17) is 10.5 Å². The Hall–Kier alpha value is -2.43. The molecule has 0 saturated carbocycles. The molecule has 2 aromatic rings. The molecule has 0 fully saturated rings. The monoisotopic (exact) mass is 257 g/mol. The van der Waals surface area contributed by atoms with Crippen LogP contribution >= 0.6 is 0 Å². The molecule has 0 atom stereocenters. The molecule has 5 heteroatoms. The van der Waals surface area contributed by atoms with E-state index in [1.54, 1.807) is 6.07 Å². The van der Waals surface area contributed by atoms with Gasteiger partial charge in [-0.3, -0.25) is 4.79 Å². The number of carbonyl (C=O) groups excluding carboxylic acids is 1. The van der Waals surface area contributed by atoms with E-state index in [0.29, 0.717) is 11.4 Å². The number of rotatable bonds is 4. The van der Waals surface area contributed by atoms with E-state index in [2.05, 4.69) is 9.97 Å². The van der Waals surface area contributed by atoms with Crippen molar-refractivity contribution in [3.8, 4) is 17.0 Å². The lowest BCUT2D eigenvalue weighted by Gasteiger charge is -2.13. The highest BCUT2D eigenvalue weighted by Gasteiger charge is 2.11. The van der Waals surface area contributed by atoms with Crippen LogP contribution in [0.1, 0.15) is 24.5 Å². The summed E-state index contributed by atoms with van der Waals surface area (Å²) in [6.45, 7) is 3.90. The van der Waals surface area contributed by atoms with E-state index in [1.807, 2.05) is 38.1 Å². The molecule has 19 heavy (non-hydrogen) atoms. The molecule has 1 aromatic carbocycles. The number of para-hydroxylation sites is 1. The van der Waals surface area contributed by atoms with Crippen molar-refractivity contribution in [3.63, 3.8) is 0 Å². The first-order valence-electron chi connectivity index (χ1n) is 5.97. The summed E-state index contributed by atoms with van der Waals surface area (Å²) in [4.78, 5) is 19.1. The first-order valence-corrected chi connectivity index (χ1v) is 5.97. The molecular weight excluding hydrogens is 242 g/mol. The van der Waals surface area contributed by atoms with Crippen LogP contribution in [0, 0.1) is 0 Å². The third-order valence-corrected chi connectivity index (χ3v) is 2.40. The maximum absolute atomic E-state index is 11.1. The predicted octanol–water partition coefficient (Wildman–Crippen LogP) is 2.03. The van der Waals surface area contributed by atoms with Crippen molar-refractivity contribution in [2.24, 2.45) is 5.73 Å². The molecule has 0 spiro atoms. The van der Waals surface area contributed by atoms with E-state index in [1.165, 1.54) is 6.20 Å². The number of nitrogens with zero attached hydrogens (tertiary/aromatic N) is 2. The van der Waals surface area contributed by atoms with E-state index in [9.17, 15) is 4.79 Å². The van der Waals surface area contributed by atoms with Gasteiger partial charge in [0.25, 0.3) is 5.91 Å². The van der Waals surface area contributed by atoms with E-state index >= 15 is 0 Å². The van der Waals surface area contributed by atoms with E-state index in [-0.39, 0.29) is 11.9 Å². The lowest BCUT2D eigenvalue weighted by molar-refractivity contribution is 0.0990. The van der Waals surface area contributed by atoms with Crippen molar-refractivity contribution in [3.05, 3.63) is 42.4 Å². The Bertz CT molecular complexity index is 597. The quantitative estimate of drug-likeness (QED) is 0.909. The number of carbonyl (C=O) groups is 1. The summed E-state index contributed by atoms with van der Waals surface area (Å²) < 4.78 is 5.72. The fourth-order valence-corrected chi connectivity index (χ4v) is 1.66. The van der Waals surface area contributed by atoms with Crippen LogP contribution in [0.2, 0.25) is 0 Å². The minimum absolute atomic E-state index is 0.00292. The number of hydrogen-bond acceptors (Lipinski definition) is 4. The zero-order valence-corrected chi connectivity index (χ0v) is 10.8. The second kappa shape index (κ2) is 5.48. The normalized spacial score (nSPS) is 10.5. The van der Waals surface area contributed by atoms with Crippen LogP contribution < -0.4 is 10.5 Å². The zero-order chi connectivity index (χ0) is 13.8. The predicted molar refractivity (Wildman–Crippen MR) is 71.7 cm³/mol. The lowest BCUT2D eigenvalue weighted by Crippen LogP contribution is -2.15. The van der Waals surface area contributed by atoms with Crippen LogP contribution in [-0.4, -0.2) is 22.0 Å². The highest BCUT2D eigenvalue weighted by atomic mass is 16.5. The van der Waals surface area contributed by atoms with E-state index in [0.717, 1.165) is 5.56 Å². The summed E-state index contributed by atoms with van der Waals surface area (Å²) >= 11 is 0. The van der Waals surface area contributed by atoms with Gasteiger partial charge in [0.1, 0.15) is 5.75 Å². The Morgan fingerprint density at radius 1 is 1.26 bits per heavy atom. The minimum Gasteiger partial charge on any atom is -0.490 e. The smallest absolute Gasteiger partial charge is 0.286 e. The molecule has 0 aliphatic heterocycles. The molecule has 0 aliphatic carbocycles. The van der Waals surface area contributed by atoms with Crippen LogP contribution in [0.25, 0.3) is 11.3 Å². The topological polar surface area (TPSA) is 78.1 Å². The largest absolute Gasteiger partial charge is 0.490 e. The number of nitrogens with two attached hydrogens (primary N) is 1. The van der Waals surface area contributed by atoms with Gasteiger partial charge in [0.15, 0.2) is 0 Å². The summed E-state index contributed by atoms with van der Waals surface area (Å²) in [7, 11) is 0. The van der Waals surface area contributed by atoms with Gasteiger partial charge in [0.05, 0.1) is 11.8 Å². The van der Waals surface area contributed by atoms with Crippen LogP contribution in [-0.2, 0) is 0 Å². The van der Waals surface area contributed by atoms with Crippen LogP contribution in [0.15, 0.2) is 36.5 Å². The van der Waals surface area contributed by atoms with Gasteiger partial charge >= 0.3 is 0 Å². The number of amides is 1. The molecule has 2 rings (SSSR count). The summed E-state index contributed by atoms with van der Waals surface area (Å²) in [5.74, 6) is 0.0626. The van der Waals surface area contributed by atoms with Gasteiger partial charge in [-0.25, -0.2) is 9.97 Å². The number of ether oxygens (including phenoxy) is 1. The molecule has 5 nitrogen and oxygen atoms in total. The first-order chi connectivity index (χ1) is 9.08. The van der Waals surface area contributed by atoms with Gasteiger partial charge in [-0.15, -0.1) is 0 Å². The maximum atomic E-state index is 11.1. The third kappa shape index (κ3) is 3.07. The van der Waals surface area contributed by atoms with Gasteiger partial charge in [0, 0.05) is 11.8 Å². The molecule has 1 amide bonds. The van der Waals surface area contributed by atoms with Crippen molar-refractivity contribution >= 4 is 5.91 Å². The summed E-state index contributed by atoms with van der Waals surface area (Å²) in [6.07, 6.45) is 1.56. The first kappa shape index (κ1) is 13.0. The molecule has 1 aromatic heterocycles. The molecule has 98 valence electrons. The molecule has 0 unspecified atom stereocenters. The van der Waals surface area contributed by atoms with Crippen molar-refractivity contribution in [2.45, 2.75) is 20.0 Å². The Balaban J connectivity index is 2.46. The summed E-state index contributed by atoms with van der Waals surface area (Å²) in [6, 6.07) is 9.23. The third-order valence-electron chi connectivity index (χ3n) is 2.40. The standard InChI is InChI=1S/C14H15N3O2/c1-9(2)19-12-6-4-3-5-10(12)11-7-8-16-14(17-11)13(15)18/h3-9H,1-2H3,(H2,15,18). The Morgan fingerprint density at radius 2 is 2.00 bits per heavy atom. The SMILES string of the molecule is CC(C)Oc1ccccc1-c1ccnc(C(N)=O)n1. The molecule has 0 bridgehead atoms.